The Morgan fingerprint density at radius 3 is 2.38 bits per heavy atom. The van der Waals surface area contributed by atoms with Crippen molar-refractivity contribution in [3.63, 3.8) is 0 Å². The molecule has 1 rings (SSSR count). The number of nitrogens with one attached hydrogen (secondary N) is 2. The molecule has 0 aliphatic rings. The second kappa shape index (κ2) is 9.11. The number of halogens is 3. The van der Waals surface area contributed by atoms with Gasteiger partial charge in [0.1, 0.15) is 5.75 Å². The smallest absolute Gasteiger partial charge is 0.406 e. The number of alkyl halides is 3. The average molecular weight is 347 g/mol. The maximum atomic E-state index is 12.1. The first-order chi connectivity index (χ1) is 11.2. The van der Waals surface area contributed by atoms with Crippen molar-refractivity contribution in [2.24, 2.45) is 0 Å². The van der Waals surface area contributed by atoms with E-state index >= 15 is 0 Å². The second-order valence-corrected chi connectivity index (χ2v) is 5.17. The van der Waals surface area contributed by atoms with Crippen molar-refractivity contribution in [1.82, 2.24) is 15.5 Å². The fourth-order valence-corrected chi connectivity index (χ4v) is 1.86. The van der Waals surface area contributed by atoms with Crippen LogP contribution in [0, 0.1) is 0 Å². The Kier molecular flexibility index (Phi) is 7.50. The molecule has 0 unspecified atom stereocenters. The zero-order valence-corrected chi connectivity index (χ0v) is 13.4. The van der Waals surface area contributed by atoms with Gasteiger partial charge in [-0.05, 0) is 31.2 Å². The van der Waals surface area contributed by atoms with Crippen molar-refractivity contribution in [3.05, 3.63) is 29.8 Å². The normalized spacial score (nSPS) is 11.2. The summed E-state index contributed by atoms with van der Waals surface area (Å²) in [6.45, 7) is 2.67. The van der Waals surface area contributed by atoms with Crippen LogP contribution in [0.3, 0.4) is 0 Å². The molecule has 1 aromatic rings. The van der Waals surface area contributed by atoms with Gasteiger partial charge in [-0.2, -0.15) is 0 Å². The predicted octanol–water partition coefficient (Wildman–Crippen LogP) is 2.25. The largest absolute Gasteiger partial charge is 0.573 e. The average Bonchev–Trinajstić information content (AvgIpc) is 2.45. The molecular formula is C15H20F3N3O3. The van der Waals surface area contributed by atoms with E-state index in [1.165, 1.54) is 24.3 Å². The van der Waals surface area contributed by atoms with Gasteiger partial charge in [0.15, 0.2) is 0 Å². The molecule has 0 aromatic heterocycles. The minimum atomic E-state index is -4.73. The molecule has 3 amide bonds. The Bertz CT molecular complexity index is 547. The molecule has 0 spiro atoms. The fraction of sp³-hybridized carbons (Fsp3) is 0.467. The number of nitrogens with zero attached hydrogens (tertiary/aromatic N) is 1. The number of hydrogen-bond acceptors (Lipinski definition) is 4. The van der Waals surface area contributed by atoms with E-state index in [2.05, 4.69) is 15.4 Å². The van der Waals surface area contributed by atoms with Gasteiger partial charge in [0.2, 0.25) is 5.91 Å². The second-order valence-electron chi connectivity index (χ2n) is 5.17. The number of likely N-dealkylation sites (N-methyl/N-ethyl adjacent to an activating group) is 1. The van der Waals surface area contributed by atoms with Crippen LogP contribution in [0.2, 0.25) is 0 Å². The lowest BCUT2D eigenvalue weighted by atomic mass is 10.2. The first-order valence-corrected chi connectivity index (χ1v) is 7.30. The lowest BCUT2D eigenvalue weighted by molar-refractivity contribution is -0.274. The predicted molar refractivity (Wildman–Crippen MR) is 81.3 cm³/mol. The van der Waals surface area contributed by atoms with Crippen LogP contribution in [0.1, 0.15) is 18.9 Å². The number of rotatable bonds is 7. The molecule has 0 saturated carbocycles. The van der Waals surface area contributed by atoms with E-state index < -0.39 is 18.3 Å². The zero-order valence-electron chi connectivity index (χ0n) is 13.4. The van der Waals surface area contributed by atoms with Crippen molar-refractivity contribution in [3.8, 4) is 5.75 Å². The van der Waals surface area contributed by atoms with Crippen molar-refractivity contribution in [1.29, 1.82) is 0 Å². The summed E-state index contributed by atoms with van der Waals surface area (Å²) in [5.74, 6) is -0.776. The lowest BCUT2D eigenvalue weighted by Crippen LogP contribution is -2.43. The van der Waals surface area contributed by atoms with E-state index in [0.717, 1.165) is 6.42 Å². The van der Waals surface area contributed by atoms with E-state index in [9.17, 15) is 22.8 Å². The fourth-order valence-electron chi connectivity index (χ4n) is 1.86. The van der Waals surface area contributed by atoms with E-state index in [4.69, 9.17) is 0 Å². The van der Waals surface area contributed by atoms with E-state index in [0.29, 0.717) is 18.7 Å². The van der Waals surface area contributed by atoms with Crippen LogP contribution < -0.4 is 15.4 Å². The number of carbonyl (C=O) groups is 2. The molecule has 0 aliphatic heterocycles. The molecule has 0 aliphatic carbocycles. The van der Waals surface area contributed by atoms with Crippen LogP contribution in [-0.2, 0) is 11.3 Å². The minimum Gasteiger partial charge on any atom is -0.406 e. The minimum absolute atomic E-state index is 0.0274. The molecule has 0 heterocycles. The molecule has 134 valence electrons. The van der Waals surface area contributed by atoms with E-state index in [-0.39, 0.29) is 12.3 Å². The standard InChI is InChI=1S/C15H20F3N3O3/c1-3-8-19-14(23)20-13(22)10-21(2)9-11-4-6-12(7-5-11)24-15(16,17)18/h4-7H,3,8-10H2,1-2H3,(H2,19,20,22,23). The van der Waals surface area contributed by atoms with Crippen LogP contribution in [0.4, 0.5) is 18.0 Å². The Morgan fingerprint density at radius 2 is 1.83 bits per heavy atom. The van der Waals surface area contributed by atoms with Gasteiger partial charge in [0, 0.05) is 13.1 Å². The monoisotopic (exact) mass is 347 g/mol. The zero-order chi connectivity index (χ0) is 18.2. The van der Waals surface area contributed by atoms with Crippen LogP contribution in [0.25, 0.3) is 0 Å². The number of carbonyl (C=O) groups excluding carboxylic acids is 2. The summed E-state index contributed by atoms with van der Waals surface area (Å²) >= 11 is 0. The van der Waals surface area contributed by atoms with Crippen LogP contribution in [0.5, 0.6) is 5.75 Å². The number of benzene rings is 1. The Labute approximate surface area is 138 Å². The van der Waals surface area contributed by atoms with Crippen LogP contribution >= 0.6 is 0 Å². The SMILES string of the molecule is CCCNC(=O)NC(=O)CN(C)Cc1ccc(OC(F)(F)F)cc1. The molecule has 2 N–H and O–H groups in total. The summed E-state index contributed by atoms with van der Waals surface area (Å²) in [4.78, 5) is 24.6. The Balaban J connectivity index is 2.43. The van der Waals surface area contributed by atoms with E-state index in [1.807, 2.05) is 6.92 Å². The molecule has 6 nitrogen and oxygen atoms in total. The number of imide groups is 1. The highest BCUT2D eigenvalue weighted by molar-refractivity contribution is 5.95. The molecule has 1 aromatic carbocycles. The maximum Gasteiger partial charge on any atom is 0.573 e. The number of urea groups is 1. The highest BCUT2D eigenvalue weighted by Gasteiger charge is 2.30. The first-order valence-electron chi connectivity index (χ1n) is 7.30. The molecule has 0 saturated heterocycles. The molecule has 9 heteroatoms. The number of ether oxygens (including phenoxy) is 1. The number of amides is 3. The maximum absolute atomic E-state index is 12.1. The summed E-state index contributed by atoms with van der Waals surface area (Å²) in [6.07, 6.45) is -3.97. The van der Waals surface area contributed by atoms with Gasteiger partial charge in [-0.25, -0.2) is 4.79 Å². The molecule has 24 heavy (non-hydrogen) atoms. The van der Waals surface area contributed by atoms with Crippen molar-refractivity contribution < 1.29 is 27.5 Å². The third-order valence-electron chi connectivity index (χ3n) is 2.81. The van der Waals surface area contributed by atoms with Gasteiger partial charge in [-0.15, -0.1) is 13.2 Å². The van der Waals surface area contributed by atoms with Crippen molar-refractivity contribution in [2.75, 3.05) is 20.1 Å². The van der Waals surface area contributed by atoms with Gasteiger partial charge in [0.25, 0.3) is 0 Å². The van der Waals surface area contributed by atoms with Gasteiger partial charge in [-0.3, -0.25) is 15.0 Å². The topological polar surface area (TPSA) is 70.7 Å². The highest BCUT2D eigenvalue weighted by Crippen LogP contribution is 2.22. The third kappa shape index (κ3) is 8.37. The van der Waals surface area contributed by atoms with E-state index in [1.54, 1.807) is 11.9 Å². The summed E-state index contributed by atoms with van der Waals surface area (Å²) in [5.41, 5.74) is 0.704. The van der Waals surface area contributed by atoms with Gasteiger partial charge < -0.3 is 10.1 Å². The van der Waals surface area contributed by atoms with Crippen molar-refractivity contribution >= 4 is 11.9 Å². The quantitative estimate of drug-likeness (QED) is 0.794. The molecule has 0 fully saturated rings. The van der Waals surface area contributed by atoms with Gasteiger partial charge in [0.05, 0.1) is 6.54 Å². The molecular weight excluding hydrogens is 327 g/mol. The van der Waals surface area contributed by atoms with Gasteiger partial charge >= 0.3 is 12.4 Å². The molecule has 0 bridgehead atoms. The highest BCUT2D eigenvalue weighted by atomic mass is 19.4. The lowest BCUT2D eigenvalue weighted by Gasteiger charge is -2.16. The summed E-state index contributed by atoms with van der Waals surface area (Å²) in [7, 11) is 1.66. The summed E-state index contributed by atoms with van der Waals surface area (Å²) < 4.78 is 40.0. The summed E-state index contributed by atoms with van der Waals surface area (Å²) in [6, 6.07) is 4.81. The summed E-state index contributed by atoms with van der Waals surface area (Å²) in [5, 5.41) is 4.71. The molecule has 0 radical (unpaired) electrons. The van der Waals surface area contributed by atoms with Crippen molar-refractivity contribution in [2.45, 2.75) is 26.3 Å². The molecule has 0 atom stereocenters. The Hall–Kier alpha value is -2.29. The number of hydrogen-bond donors (Lipinski definition) is 2. The van der Waals surface area contributed by atoms with Crippen LogP contribution in [0.15, 0.2) is 24.3 Å². The first kappa shape index (κ1) is 19.8. The van der Waals surface area contributed by atoms with Crippen LogP contribution in [-0.4, -0.2) is 43.3 Å². The van der Waals surface area contributed by atoms with Gasteiger partial charge in [-0.1, -0.05) is 19.1 Å². The Morgan fingerprint density at radius 1 is 1.21 bits per heavy atom. The third-order valence-corrected chi connectivity index (χ3v) is 2.81.